The largest absolute Gasteiger partial charge is 0.350 e. The lowest BCUT2D eigenvalue weighted by Crippen LogP contribution is -1.99. The SMILES string of the molecule is Cn1ccc2ccc(Nc3nc(-c4ccncc4)nc4ccccc34)cc21. The van der Waals surface area contributed by atoms with Crippen molar-refractivity contribution < 1.29 is 0 Å². The summed E-state index contributed by atoms with van der Waals surface area (Å²) in [5.74, 6) is 1.47. The van der Waals surface area contributed by atoms with Crippen molar-refractivity contribution in [1.29, 1.82) is 0 Å². The van der Waals surface area contributed by atoms with Crippen LogP contribution in [0.25, 0.3) is 33.2 Å². The number of aryl methyl sites for hydroxylation is 1. The molecule has 130 valence electrons. The van der Waals surface area contributed by atoms with E-state index < -0.39 is 0 Å². The van der Waals surface area contributed by atoms with Gasteiger partial charge in [-0.1, -0.05) is 18.2 Å². The number of hydrogen-bond donors (Lipinski definition) is 1. The van der Waals surface area contributed by atoms with Crippen molar-refractivity contribution in [2.45, 2.75) is 0 Å². The van der Waals surface area contributed by atoms with Crippen LogP contribution in [0, 0.1) is 0 Å². The van der Waals surface area contributed by atoms with Gasteiger partial charge in [0, 0.05) is 47.8 Å². The Kier molecular flexibility index (Phi) is 3.57. The van der Waals surface area contributed by atoms with E-state index in [9.17, 15) is 0 Å². The fraction of sp³-hybridized carbons (Fsp3) is 0.0455. The molecule has 3 heterocycles. The highest BCUT2D eigenvalue weighted by molar-refractivity contribution is 5.93. The minimum absolute atomic E-state index is 0.679. The van der Waals surface area contributed by atoms with Crippen LogP contribution in [0.1, 0.15) is 0 Å². The predicted molar refractivity (Wildman–Crippen MR) is 109 cm³/mol. The molecule has 0 saturated carbocycles. The normalized spacial score (nSPS) is 11.1. The molecule has 0 unspecified atom stereocenters. The Balaban J connectivity index is 1.65. The summed E-state index contributed by atoms with van der Waals surface area (Å²) in [7, 11) is 2.05. The summed E-state index contributed by atoms with van der Waals surface area (Å²) in [6, 6.07) is 20.3. The zero-order chi connectivity index (χ0) is 18.2. The number of aromatic nitrogens is 4. The fourth-order valence-electron chi connectivity index (χ4n) is 3.28. The molecular formula is C22H17N5. The van der Waals surface area contributed by atoms with E-state index in [4.69, 9.17) is 9.97 Å². The Morgan fingerprint density at radius 1 is 0.889 bits per heavy atom. The molecule has 0 amide bonds. The Labute approximate surface area is 156 Å². The smallest absolute Gasteiger partial charge is 0.162 e. The van der Waals surface area contributed by atoms with Crippen molar-refractivity contribution in [2.24, 2.45) is 7.05 Å². The molecule has 0 bridgehead atoms. The summed E-state index contributed by atoms with van der Waals surface area (Å²) in [6.07, 6.45) is 5.57. The van der Waals surface area contributed by atoms with Gasteiger partial charge in [-0.3, -0.25) is 4.98 Å². The summed E-state index contributed by atoms with van der Waals surface area (Å²) >= 11 is 0. The first-order valence-electron chi connectivity index (χ1n) is 8.77. The molecule has 0 aliphatic rings. The third-order valence-corrected chi connectivity index (χ3v) is 4.69. The van der Waals surface area contributed by atoms with Gasteiger partial charge in [0.15, 0.2) is 5.82 Å². The number of nitrogens with one attached hydrogen (secondary N) is 1. The van der Waals surface area contributed by atoms with Crippen LogP contribution >= 0.6 is 0 Å². The number of fused-ring (bicyclic) bond motifs is 2. The second-order valence-corrected chi connectivity index (χ2v) is 6.47. The third-order valence-electron chi connectivity index (χ3n) is 4.69. The lowest BCUT2D eigenvalue weighted by molar-refractivity contribution is 0.969. The van der Waals surface area contributed by atoms with Gasteiger partial charge in [-0.05, 0) is 47.9 Å². The van der Waals surface area contributed by atoms with Gasteiger partial charge in [-0.2, -0.15) is 0 Å². The van der Waals surface area contributed by atoms with E-state index in [2.05, 4.69) is 45.3 Å². The van der Waals surface area contributed by atoms with Crippen LogP contribution < -0.4 is 5.32 Å². The van der Waals surface area contributed by atoms with Gasteiger partial charge in [0.05, 0.1) is 5.52 Å². The zero-order valence-electron chi connectivity index (χ0n) is 14.8. The molecule has 0 saturated heterocycles. The lowest BCUT2D eigenvalue weighted by atomic mass is 10.2. The average molecular weight is 351 g/mol. The Morgan fingerprint density at radius 2 is 1.74 bits per heavy atom. The van der Waals surface area contributed by atoms with Crippen LogP contribution in [0.5, 0.6) is 0 Å². The van der Waals surface area contributed by atoms with Crippen molar-refractivity contribution >= 4 is 33.3 Å². The van der Waals surface area contributed by atoms with Crippen LogP contribution in [0.4, 0.5) is 11.5 Å². The molecule has 0 spiro atoms. The molecule has 0 fully saturated rings. The standard InChI is InChI=1S/C22H17N5/c1-27-13-10-15-6-7-17(14-20(15)27)24-22-18-4-2-3-5-19(18)25-21(26-22)16-8-11-23-12-9-16/h2-14H,1H3,(H,24,25,26). The molecular weight excluding hydrogens is 334 g/mol. The highest BCUT2D eigenvalue weighted by atomic mass is 15.0. The molecule has 0 aliphatic heterocycles. The van der Waals surface area contributed by atoms with Gasteiger partial charge in [0.25, 0.3) is 0 Å². The summed E-state index contributed by atoms with van der Waals surface area (Å²) in [6.45, 7) is 0. The zero-order valence-corrected chi connectivity index (χ0v) is 14.8. The molecule has 27 heavy (non-hydrogen) atoms. The van der Waals surface area contributed by atoms with Crippen molar-refractivity contribution in [3.8, 4) is 11.4 Å². The number of benzene rings is 2. The van der Waals surface area contributed by atoms with Crippen LogP contribution in [-0.4, -0.2) is 19.5 Å². The first kappa shape index (κ1) is 15.5. The Morgan fingerprint density at radius 3 is 2.63 bits per heavy atom. The van der Waals surface area contributed by atoms with Gasteiger partial charge >= 0.3 is 0 Å². The number of pyridine rings is 1. The van der Waals surface area contributed by atoms with Crippen molar-refractivity contribution in [3.05, 3.63) is 79.3 Å². The van der Waals surface area contributed by atoms with Crippen LogP contribution in [0.3, 0.4) is 0 Å². The third kappa shape index (κ3) is 2.79. The minimum Gasteiger partial charge on any atom is -0.350 e. The van der Waals surface area contributed by atoms with E-state index in [-0.39, 0.29) is 0 Å². The van der Waals surface area contributed by atoms with Crippen molar-refractivity contribution in [2.75, 3.05) is 5.32 Å². The molecule has 0 aliphatic carbocycles. The highest BCUT2D eigenvalue weighted by Gasteiger charge is 2.10. The average Bonchev–Trinajstić information content (AvgIpc) is 3.09. The van der Waals surface area contributed by atoms with Gasteiger partial charge in [0.1, 0.15) is 5.82 Å². The molecule has 0 radical (unpaired) electrons. The topological polar surface area (TPSA) is 55.6 Å². The predicted octanol–water partition coefficient (Wildman–Crippen LogP) is 4.93. The highest BCUT2D eigenvalue weighted by Crippen LogP contribution is 2.28. The van der Waals surface area contributed by atoms with E-state index in [1.165, 1.54) is 10.9 Å². The first-order valence-corrected chi connectivity index (χ1v) is 8.77. The molecule has 0 atom stereocenters. The number of nitrogens with zero attached hydrogens (tertiary/aromatic N) is 4. The minimum atomic E-state index is 0.679. The molecule has 5 nitrogen and oxygen atoms in total. The number of anilines is 2. The summed E-state index contributed by atoms with van der Waals surface area (Å²) < 4.78 is 2.11. The maximum Gasteiger partial charge on any atom is 0.162 e. The first-order chi connectivity index (χ1) is 13.3. The van der Waals surface area contributed by atoms with Gasteiger partial charge in [-0.15, -0.1) is 0 Å². The van der Waals surface area contributed by atoms with E-state index in [0.717, 1.165) is 28.0 Å². The number of hydrogen-bond acceptors (Lipinski definition) is 4. The molecule has 2 aromatic carbocycles. The van der Waals surface area contributed by atoms with E-state index in [1.807, 2.05) is 43.4 Å². The Bertz CT molecular complexity index is 1260. The summed E-state index contributed by atoms with van der Waals surface area (Å²) in [5.41, 5.74) is 4.01. The van der Waals surface area contributed by atoms with Gasteiger partial charge < -0.3 is 9.88 Å². The van der Waals surface area contributed by atoms with E-state index >= 15 is 0 Å². The monoisotopic (exact) mass is 351 g/mol. The molecule has 5 rings (SSSR count). The van der Waals surface area contributed by atoms with E-state index in [1.54, 1.807) is 12.4 Å². The molecule has 3 aromatic heterocycles. The molecule has 1 N–H and O–H groups in total. The van der Waals surface area contributed by atoms with Crippen LogP contribution in [0.15, 0.2) is 79.3 Å². The fourth-order valence-corrected chi connectivity index (χ4v) is 3.28. The number of para-hydroxylation sites is 1. The number of rotatable bonds is 3. The van der Waals surface area contributed by atoms with Crippen LogP contribution in [0.2, 0.25) is 0 Å². The molecule has 5 aromatic rings. The van der Waals surface area contributed by atoms with Crippen molar-refractivity contribution in [1.82, 2.24) is 19.5 Å². The second kappa shape index (κ2) is 6.21. The summed E-state index contributed by atoms with van der Waals surface area (Å²) in [4.78, 5) is 13.6. The second-order valence-electron chi connectivity index (χ2n) is 6.47. The molecule has 5 heteroatoms. The van der Waals surface area contributed by atoms with Crippen LogP contribution in [-0.2, 0) is 7.05 Å². The van der Waals surface area contributed by atoms with Gasteiger partial charge in [0.2, 0.25) is 0 Å². The Hall–Kier alpha value is -3.73. The lowest BCUT2D eigenvalue weighted by Gasteiger charge is -2.11. The van der Waals surface area contributed by atoms with E-state index in [0.29, 0.717) is 5.82 Å². The maximum atomic E-state index is 4.80. The quantitative estimate of drug-likeness (QED) is 0.501. The maximum absolute atomic E-state index is 4.80. The van der Waals surface area contributed by atoms with Gasteiger partial charge in [-0.25, -0.2) is 9.97 Å². The summed E-state index contributed by atoms with van der Waals surface area (Å²) in [5, 5.41) is 5.69. The van der Waals surface area contributed by atoms with Crippen molar-refractivity contribution in [3.63, 3.8) is 0 Å².